The standard InChI is InChI=1S/C25H33ClN2O2/c1-17-5-4-8-25(2)15-23-20(14-22(17)25)21(24(29)30-23)16-27-9-11-28(12-10-27)19-7-3-6-18(26)13-19/h3,6-7,13,20-23H,1,4-5,8-12,14-16H2,2H3/t20-,21+,22+,23-,25-/m1/s1. The van der Waals surface area contributed by atoms with Crippen molar-refractivity contribution in [1.29, 1.82) is 0 Å². The number of piperazine rings is 1. The van der Waals surface area contributed by atoms with E-state index in [0.29, 0.717) is 11.8 Å². The molecule has 5 heteroatoms. The first kappa shape index (κ1) is 20.4. The molecule has 1 aromatic rings. The van der Waals surface area contributed by atoms with Gasteiger partial charge in [0, 0.05) is 49.4 Å². The van der Waals surface area contributed by atoms with E-state index in [-0.39, 0.29) is 23.4 Å². The summed E-state index contributed by atoms with van der Waals surface area (Å²) in [6.07, 6.45) is 5.85. The number of ether oxygens (including phenoxy) is 1. The summed E-state index contributed by atoms with van der Waals surface area (Å²) in [5.74, 6) is 0.975. The van der Waals surface area contributed by atoms with Gasteiger partial charge < -0.3 is 9.64 Å². The molecule has 0 unspecified atom stereocenters. The van der Waals surface area contributed by atoms with Crippen LogP contribution in [0.5, 0.6) is 0 Å². The van der Waals surface area contributed by atoms with Gasteiger partial charge in [-0.1, -0.05) is 36.7 Å². The van der Waals surface area contributed by atoms with E-state index in [2.05, 4.69) is 29.4 Å². The van der Waals surface area contributed by atoms with Crippen LogP contribution in [0.25, 0.3) is 0 Å². The van der Waals surface area contributed by atoms with Gasteiger partial charge in [0.25, 0.3) is 0 Å². The Morgan fingerprint density at radius 3 is 2.83 bits per heavy atom. The van der Waals surface area contributed by atoms with Gasteiger partial charge in [-0.2, -0.15) is 0 Å². The smallest absolute Gasteiger partial charge is 0.310 e. The number of hydrogen-bond acceptors (Lipinski definition) is 4. The van der Waals surface area contributed by atoms with Crippen LogP contribution in [0.1, 0.15) is 39.0 Å². The van der Waals surface area contributed by atoms with Gasteiger partial charge in [0.1, 0.15) is 6.10 Å². The monoisotopic (exact) mass is 428 g/mol. The Morgan fingerprint density at radius 1 is 1.27 bits per heavy atom. The molecule has 0 bridgehead atoms. The predicted octanol–water partition coefficient (Wildman–Crippen LogP) is 4.78. The fourth-order valence-corrected chi connectivity index (χ4v) is 6.79. The highest BCUT2D eigenvalue weighted by atomic mass is 35.5. The maximum Gasteiger partial charge on any atom is 0.310 e. The summed E-state index contributed by atoms with van der Waals surface area (Å²) in [5.41, 5.74) is 2.87. The normalized spacial score (nSPS) is 36.9. The molecule has 4 fully saturated rings. The maximum absolute atomic E-state index is 12.8. The first-order chi connectivity index (χ1) is 14.4. The molecule has 0 radical (unpaired) electrons. The number of benzene rings is 1. The number of carbonyl (C=O) groups excluding carboxylic acids is 1. The Labute approximate surface area is 185 Å². The van der Waals surface area contributed by atoms with E-state index in [9.17, 15) is 4.79 Å². The number of esters is 1. The van der Waals surface area contributed by atoms with Gasteiger partial charge >= 0.3 is 5.97 Å². The minimum absolute atomic E-state index is 0.0204. The lowest BCUT2D eigenvalue weighted by Gasteiger charge is -2.50. The molecule has 4 nitrogen and oxygen atoms in total. The molecule has 1 aromatic carbocycles. The molecule has 162 valence electrons. The maximum atomic E-state index is 12.8. The van der Waals surface area contributed by atoms with Crippen LogP contribution in [-0.4, -0.2) is 49.7 Å². The van der Waals surface area contributed by atoms with E-state index in [1.54, 1.807) is 0 Å². The number of hydrogen-bond donors (Lipinski definition) is 0. The SMILES string of the molecule is C=C1CCC[C@]2(C)C[C@H]3OC(=O)[C@@H](CN4CCN(c5cccc(Cl)c5)CC4)[C@H]3C[C@@H]12. The van der Waals surface area contributed by atoms with Crippen LogP contribution < -0.4 is 4.90 Å². The summed E-state index contributed by atoms with van der Waals surface area (Å²) in [5, 5.41) is 0.781. The molecule has 2 saturated heterocycles. The topological polar surface area (TPSA) is 32.8 Å². The average molecular weight is 429 g/mol. The largest absolute Gasteiger partial charge is 0.462 e. The molecule has 2 aliphatic heterocycles. The minimum atomic E-state index is 0.0204. The Kier molecular flexibility index (Phi) is 5.35. The molecule has 0 spiro atoms. The third-order valence-corrected chi connectivity index (χ3v) is 8.56. The van der Waals surface area contributed by atoms with Crippen LogP contribution in [0.2, 0.25) is 5.02 Å². The number of halogens is 1. The minimum Gasteiger partial charge on any atom is -0.462 e. The van der Waals surface area contributed by atoms with E-state index in [4.69, 9.17) is 16.3 Å². The Hall–Kier alpha value is -1.52. The van der Waals surface area contributed by atoms with E-state index in [1.807, 2.05) is 18.2 Å². The van der Waals surface area contributed by atoms with E-state index >= 15 is 0 Å². The van der Waals surface area contributed by atoms with Crippen molar-refractivity contribution >= 4 is 23.3 Å². The van der Waals surface area contributed by atoms with E-state index in [0.717, 1.165) is 57.0 Å². The number of carbonyl (C=O) groups is 1. The van der Waals surface area contributed by atoms with Gasteiger partial charge in [-0.15, -0.1) is 0 Å². The second-order valence-corrected chi connectivity index (χ2v) is 10.6. The molecule has 0 N–H and O–H groups in total. The van der Waals surface area contributed by atoms with Gasteiger partial charge in [-0.05, 0) is 61.6 Å². The lowest BCUT2D eigenvalue weighted by molar-refractivity contribution is -0.146. The van der Waals surface area contributed by atoms with E-state index < -0.39 is 0 Å². The van der Waals surface area contributed by atoms with Crippen LogP contribution in [0.3, 0.4) is 0 Å². The van der Waals surface area contributed by atoms with Crippen molar-refractivity contribution in [3.8, 4) is 0 Å². The van der Waals surface area contributed by atoms with Gasteiger partial charge in [-0.3, -0.25) is 9.69 Å². The molecule has 0 amide bonds. The predicted molar refractivity (Wildman–Crippen MR) is 121 cm³/mol. The quantitative estimate of drug-likeness (QED) is 0.512. The number of fused-ring (bicyclic) bond motifs is 2. The number of anilines is 1. The fraction of sp³-hybridized carbons (Fsp3) is 0.640. The summed E-state index contributed by atoms with van der Waals surface area (Å²) in [6.45, 7) is 11.5. The van der Waals surface area contributed by atoms with Crippen LogP contribution >= 0.6 is 11.6 Å². The molecule has 4 aliphatic rings. The fourth-order valence-electron chi connectivity index (χ4n) is 6.60. The summed E-state index contributed by atoms with van der Waals surface area (Å²) in [4.78, 5) is 17.7. The van der Waals surface area contributed by atoms with Crippen molar-refractivity contribution in [3.63, 3.8) is 0 Å². The molecular weight excluding hydrogens is 396 g/mol. The first-order valence-electron chi connectivity index (χ1n) is 11.5. The zero-order valence-electron chi connectivity index (χ0n) is 18.0. The van der Waals surface area contributed by atoms with Crippen LogP contribution in [0.15, 0.2) is 36.4 Å². The van der Waals surface area contributed by atoms with Crippen molar-refractivity contribution in [1.82, 2.24) is 4.90 Å². The Balaban J connectivity index is 1.23. The lowest BCUT2D eigenvalue weighted by atomic mass is 9.55. The number of nitrogens with zero attached hydrogens (tertiary/aromatic N) is 2. The van der Waals surface area contributed by atoms with Crippen LogP contribution in [-0.2, 0) is 9.53 Å². The van der Waals surface area contributed by atoms with Crippen molar-refractivity contribution in [2.75, 3.05) is 37.6 Å². The van der Waals surface area contributed by atoms with Gasteiger partial charge in [-0.25, -0.2) is 0 Å². The lowest BCUT2D eigenvalue weighted by Crippen LogP contribution is -2.50. The molecule has 5 rings (SSSR count). The number of allylic oxidation sites excluding steroid dienone is 1. The summed E-state index contributed by atoms with van der Waals surface area (Å²) >= 11 is 6.16. The van der Waals surface area contributed by atoms with Crippen LogP contribution in [0, 0.1) is 23.2 Å². The second kappa shape index (κ2) is 7.87. The molecule has 5 atom stereocenters. The highest BCUT2D eigenvalue weighted by Gasteiger charge is 2.55. The zero-order chi connectivity index (χ0) is 20.9. The van der Waals surface area contributed by atoms with Crippen LogP contribution in [0.4, 0.5) is 5.69 Å². The Morgan fingerprint density at radius 2 is 2.07 bits per heavy atom. The highest BCUT2D eigenvalue weighted by Crippen LogP contribution is 2.56. The number of rotatable bonds is 3. The van der Waals surface area contributed by atoms with E-state index in [1.165, 1.54) is 24.1 Å². The molecule has 30 heavy (non-hydrogen) atoms. The van der Waals surface area contributed by atoms with Crippen molar-refractivity contribution < 1.29 is 9.53 Å². The van der Waals surface area contributed by atoms with Crippen molar-refractivity contribution in [2.45, 2.75) is 45.1 Å². The molecule has 0 aromatic heterocycles. The third-order valence-electron chi connectivity index (χ3n) is 8.32. The molecular formula is C25H33ClN2O2. The van der Waals surface area contributed by atoms with Crippen molar-refractivity contribution in [2.24, 2.45) is 23.2 Å². The van der Waals surface area contributed by atoms with Gasteiger partial charge in [0.2, 0.25) is 0 Å². The average Bonchev–Trinajstić information content (AvgIpc) is 3.01. The zero-order valence-corrected chi connectivity index (χ0v) is 18.7. The van der Waals surface area contributed by atoms with Crippen molar-refractivity contribution in [3.05, 3.63) is 41.4 Å². The summed E-state index contributed by atoms with van der Waals surface area (Å²) < 4.78 is 5.95. The summed E-state index contributed by atoms with van der Waals surface area (Å²) in [6, 6.07) is 8.08. The first-order valence-corrected chi connectivity index (χ1v) is 11.9. The van der Waals surface area contributed by atoms with Gasteiger partial charge in [0.15, 0.2) is 0 Å². The third kappa shape index (κ3) is 3.67. The molecule has 2 saturated carbocycles. The van der Waals surface area contributed by atoms with Gasteiger partial charge in [0.05, 0.1) is 5.92 Å². The highest BCUT2D eigenvalue weighted by molar-refractivity contribution is 6.30. The summed E-state index contributed by atoms with van der Waals surface area (Å²) in [7, 11) is 0. The second-order valence-electron chi connectivity index (χ2n) is 10.2. The Bertz CT molecular complexity index is 834. The molecule has 2 heterocycles. The molecule has 2 aliphatic carbocycles.